The number of anilines is 2. The summed E-state index contributed by atoms with van der Waals surface area (Å²) < 4.78 is 28.9. The molecule has 0 aliphatic heterocycles. The quantitative estimate of drug-likeness (QED) is 0.578. The van der Waals surface area contributed by atoms with Crippen molar-refractivity contribution < 1.29 is 13.2 Å². The summed E-state index contributed by atoms with van der Waals surface area (Å²) in [4.78, 5) is 25.2. The van der Waals surface area contributed by atoms with E-state index in [1.54, 1.807) is 41.8 Å². The van der Waals surface area contributed by atoms with E-state index >= 15 is 0 Å². The van der Waals surface area contributed by atoms with E-state index in [0.29, 0.717) is 24.3 Å². The minimum Gasteiger partial charge on any atom is -0.324 e. The van der Waals surface area contributed by atoms with Crippen LogP contribution < -0.4 is 14.5 Å². The normalized spacial score (nSPS) is 12.7. The zero-order valence-corrected chi connectivity index (χ0v) is 19.9. The Labute approximate surface area is 186 Å². The minimum absolute atomic E-state index is 0.0506. The van der Waals surface area contributed by atoms with Crippen molar-refractivity contribution in [2.45, 2.75) is 46.7 Å². The number of amides is 1. The molecule has 166 valence electrons. The number of hydrogen-bond donors (Lipinski definition) is 1. The fourth-order valence-electron chi connectivity index (χ4n) is 3.59. The zero-order chi connectivity index (χ0) is 22.9. The molecule has 0 bridgehead atoms. The van der Waals surface area contributed by atoms with Crippen molar-refractivity contribution in [2.24, 2.45) is 0 Å². The van der Waals surface area contributed by atoms with Gasteiger partial charge >= 0.3 is 4.87 Å². The molecule has 3 aromatic rings. The average Bonchev–Trinajstić information content (AvgIpc) is 3.01. The highest BCUT2D eigenvalue weighted by Gasteiger charge is 2.31. The number of rotatable bonds is 7. The number of benzene rings is 2. The maximum Gasteiger partial charge on any atom is 0.308 e. The molecule has 3 rings (SSSR count). The standard InChI is InChI=1S/C22H27N3O4S2/c1-6-18(25(31(5,28)29)17-10-8-14(3)15(4)12-17)21(26)23-16-9-11-19-20(13-16)30-22(27)24(19)7-2/h8-13,18H,6-7H2,1-5H3,(H,23,26). The lowest BCUT2D eigenvalue weighted by Gasteiger charge is -2.30. The van der Waals surface area contributed by atoms with Crippen molar-refractivity contribution in [3.8, 4) is 0 Å². The second kappa shape index (κ2) is 8.84. The van der Waals surface area contributed by atoms with Gasteiger partial charge in [-0.2, -0.15) is 0 Å². The fourth-order valence-corrected chi connectivity index (χ4v) is 5.79. The van der Waals surface area contributed by atoms with Crippen molar-refractivity contribution in [3.05, 3.63) is 57.2 Å². The van der Waals surface area contributed by atoms with Crippen LogP contribution in [0.3, 0.4) is 0 Å². The van der Waals surface area contributed by atoms with Gasteiger partial charge in [-0.25, -0.2) is 8.42 Å². The first kappa shape index (κ1) is 23.0. The summed E-state index contributed by atoms with van der Waals surface area (Å²) in [7, 11) is -3.71. The maximum atomic E-state index is 13.1. The first-order chi connectivity index (χ1) is 14.6. The second-order valence-corrected chi connectivity index (χ2v) is 10.4. The highest BCUT2D eigenvalue weighted by molar-refractivity contribution is 7.92. The van der Waals surface area contributed by atoms with E-state index in [0.717, 1.165) is 38.9 Å². The van der Waals surface area contributed by atoms with Crippen molar-refractivity contribution in [2.75, 3.05) is 15.9 Å². The topological polar surface area (TPSA) is 88.5 Å². The Morgan fingerprint density at radius 3 is 2.42 bits per heavy atom. The van der Waals surface area contributed by atoms with Crippen LogP contribution in [0.4, 0.5) is 11.4 Å². The van der Waals surface area contributed by atoms with E-state index in [-0.39, 0.29) is 4.87 Å². The number of carbonyl (C=O) groups excluding carboxylic acids is 1. The van der Waals surface area contributed by atoms with E-state index in [1.807, 2.05) is 26.8 Å². The number of thiazole rings is 1. The summed E-state index contributed by atoms with van der Waals surface area (Å²) in [5, 5.41) is 2.83. The third-order valence-corrected chi connectivity index (χ3v) is 7.45. The molecule has 1 N–H and O–H groups in total. The van der Waals surface area contributed by atoms with Crippen molar-refractivity contribution >= 4 is 48.9 Å². The Morgan fingerprint density at radius 1 is 1.13 bits per heavy atom. The molecule has 0 radical (unpaired) electrons. The van der Waals surface area contributed by atoms with Gasteiger partial charge in [-0.1, -0.05) is 24.3 Å². The van der Waals surface area contributed by atoms with Crippen LogP contribution in [0.25, 0.3) is 10.2 Å². The van der Waals surface area contributed by atoms with Gasteiger partial charge in [0.1, 0.15) is 6.04 Å². The second-order valence-electron chi connectivity index (χ2n) is 7.54. The predicted octanol–water partition coefficient (Wildman–Crippen LogP) is 3.88. The highest BCUT2D eigenvalue weighted by atomic mass is 32.2. The summed E-state index contributed by atoms with van der Waals surface area (Å²) in [5.74, 6) is -0.423. The van der Waals surface area contributed by atoms with Crippen molar-refractivity contribution in [1.29, 1.82) is 0 Å². The maximum absolute atomic E-state index is 13.1. The van der Waals surface area contributed by atoms with Crippen LogP contribution in [0.5, 0.6) is 0 Å². The van der Waals surface area contributed by atoms with Gasteiger partial charge in [0.05, 0.1) is 22.2 Å². The highest BCUT2D eigenvalue weighted by Crippen LogP contribution is 2.27. The monoisotopic (exact) mass is 461 g/mol. The Balaban J connectivity index is 1.95. The molecule has 1 amide bonds. The molecule has 7 nitrogen and oxygen atoms in total. The SMILES string of the molecule is CCC(C(=O)Nc1ccc2c(c1)sc(=O)n2CC)N(c1ccc(C)c(C)c1)S(C)(=O)=O. The summed E-state index contributed by atoms with van der Waals surface area (Å²) in [6, 6.07) is 9.71. The number of carbonyl (C=O) groups is 1. The Hall–Kier alpha value is -2.65. The van der Waals surface area contributed by atoms with E-state index in [9.17, 15) is 18.0 Å². The summed E-state index contributed by atoms with van der Waals surface area (Å²) in [6.07, 6.45) is 1.41. The smallest absolute Gasteiger partial charge is 0.308 e. The lowest BCUT2D eigenvalue weighted by atomic mass is 10.1. The van der Waals surface area contributed by atoms with Gasteiger partial charge in [0.25, 0.3) is 0 Å². The number of nitrogens with zero attached hydrogens (tertiary/aromatic N) is 2. The molecule has 1 unspecified atom stereocenters. The Morgan fingerprint density at radius 2 is 1.84 bits per heavy atom. The van der Waals surface area contributed by atoms with Gasteiger partial charge in [0.2, 0.25) is 15.9 Å². The number of fused-ring (bicyclic) bond motifs is 1. The molecular weight excluding hydrogens is 434 g/mol. The number of aromatic nitrogens is 1. The summed E-state index contributed by atoms with van der Waals surface area (Å²) >= 11 is 1.12. The van der Waals surface area contributed by atoms with E-state index in [1.165, 1.54) is 4.31 Å². The third kappa shape index (κ3) is 4.67. The van der Waals surface area contributed by atoms with Crippen LogP contribution in [-0.2, 0) is 21.4 Å². The largest absolute Gasteiger partial charge is 0.324 e. The summed E-state index contributed by atoms with van der Waals surface area (Å²) in [6.45, 7) is 8.11. The lowest BCUT2D eigenvalue weighted by molar-refractivity contribution is -0.117. The van der Waals surface area contributed by atoms with Crippen LogP contribution in [0, 0.1) is 13.8 Å². The number of hydrogen-bond acceptors (Lipinski definition) is 5. The molecule has 31 heavy (non-hydrogen) atoms. The van der Waals surface area contributed by atoms with E-state index in [4.69, 9.17) is 0 Å². The van der Waals surface area contributed by atoms with Crippen LogP contribution in [0.1, 0.15) is 31.4 Å². The molecule has 0 fully saturated rings. The molecule has 2 aromatic carbocycles. The number of sulfonamides is 1. The van der Waals surface area contributed by atoms with E-state index < -0.39 is 22.0 Å². The Kier molecular flexibility index (Phi) is 6.56. The van der Waals surface area contributed by atoms with Gasteiger partial charge in [-0.3, -0.25) is 18.5 Å². The molecule has 1 aromatic heterocycles. The first-order valence-electron chi connectivity index (χ1n) is 10.1. The van der Waals surface area contributed by atoms with Gasteiger partial charge in [0.15, 0.2) is 0 Å². The lowest BCUT2D eigenvalue weighted by Crippen LogP contribution is -2.47. The molecule has 1 atom stereocenters. The van der Waals surface area contributed by atoms with Crippen LogP contribution in [0.2, 0.25) is 0 Å². The van der Waals surface area contributed by atoms with Crippen LogP contribution >= 0.6 is 11.3 Å². The molecule has 9 heteroatoms. The van der Waals surface area contributed by atoms with Gasteiger partial charge in [-0.15, -0.1) is 0 Å². The van der Waals surface area contributed by atoms with Gasteiger partial charge in [-0.05, 0) is 68.7 Å². The fraction of sp³-hybridized carbons (Fsp3) is 0.364. The van der Waals surface area contributed by atoms with Gasteiger partial charge in [0, 0.05) is 12.2 Å². The minimum atomic E-state index is -3.71. The van der Waals surface area contributed by atoms with Crippen LogP contribution in [-0.4, -0.2) is 31.2 Å². The molecule has 0 spiro atoms. The third-order valence-electron chi connectivity index (χ3n) is 5.33. The number of nitrogens with one attached hydrogen (secondary N) is 1. The van der Waals surface area contributed by atoms with Crippen molar-refractivity contribution in [3.63, 3.8) is 0 Å². The number of aryl methyl sites for hydroxylation is 3. The molecule has 1 heterocycles. The predicted molar refractivity (Wildman–Crippen MR) is 128 cm³/mol. The van der Waals surface area contributed by atoms with Crippen LogP contribution in [0.15, 0.2) is 41.2 Å². The van der Waals surface area contributed by atoms with Crippen molar-refractivity contribution in [1.82, 2.24) is 4.57 Å². The zero-order valence-electron chi connectivity index (χ0n) is 18.3. The molecule has 0 aliphatic rings. The van der Waals surface area contributed by atoms with E-state index in [2.05, 4.69) is 5.32 Å². The molecule has 0 aliphatic carbocycles. The molecule has 0 saturated carbocycles. The Bertz CT molecular complexity index is 1290. The summed E-state index contributed by atoms with van der Waals surface area (Å²) in [5.41, 5.74) is 3.79. The molecule has 0 saturated heterocycles. The van der Waals surface area contributed by atoms with Gasteiger partial charge < -0.3 is 5.32 Å². The first-order valence-corrected chi connectivity index (χ1v) is 12.7. The average molecular weight is 462 g/mol. The molecular formula is C22H27N3O4S2.